The second-order valence-corrected chi connectivity index (χ2v) is 7.31. The molecule has 0 radical (unpaired) electrons. The lowest BCUT2D eigenvalue weighted by atomic mass is 9.70. The van der Waals surface area contributed by atoms with Crippen molar-refractivity contribution in [3.05, 3.63) is 42.5 Å². The first kappa shape index (κ1) is 19.1. The Hall–Kier alpha value is -2.63. The highest BCUT2D eigenvalue weighted by molar-refractivity contribution is 6.01. The summed E-state index contributed by atoms with van der Waals surface area (Å²) in [6.07, 6.45) is 5.52. The van der Waals surface area contributed by atoms with Crippen molar-refractivity contribution in [2.45, 2.75) is 38.1 Å². The number of rotatable bonds is 4. The monoisotopic (exact) mass is 370 g/mol. The Morgan fingerprint density at radius 3 is 2.56 bits per heavy atom. The van der Waals surface area contributed by atoms with Crippen LogP contribution in [0.5, 0.6) is 0 Å². The van der Waals surface area contributed by atoms with E-state index in [-0.39, 0.29) is 23.8 Å². The Bertz CT molecular complexity index is 758. The zero-order valence-corrected chi connectivity index (χ0v) is 15.9. The predicted octanol–water partition coefficient (Wildman–Crippen LogP) is 2.78. The summed E-state index contributed by atoms with van der Waals surface area (Å²) in [5.41, 5.74) is 0.697. The molecule has 1 aromatic carbocycles. The van der Waals surface area contributed by atoms with Crippen molar-refractivity contribution in [2.24, 2.45) is 5.41 Å². The van der Waals surface area contributed by atoms with E-state index in [2.05, 4.69) is 6.58 Å². The summed E-state index contributed by atoms with van der Waals surface area (Å²) in [5, 5.41) is 0. The molecule has 1 saturated carbocycles. The number of hydrogen-bond acceptors (Lipinski definition) is 4. The molecule has 2 fully saturated rings. The summed E-state index contributed by atoms with van der Waals surface area (Å²) in [6, 6.07) is 6.85. The summed E-state index contributed by atoms with van der Waals surface area (Å²) in [6.45, 7) is 4.05. The van der Waals surface area contributed by atoms with Gasteiger partial charge in [-0.1, -0.05) is 19.4 Å². The molecule has 0 aromatic heterocycles. The molecule has 1 aromatic rings. The van der Waals surface area contributed by atoms with Crippen LogP contribution in [0.1, 0.15) is 42.5 Å². The van der Waals surface area contributed by atoms with Crippen LogP contribution in [0.15, 0.2) is 36.9 Å². The maximum atomic E-state index is 13.1. The van der Waals surface area contributed by atoms with E-state index in [0.717, 1.165) is 25.7 Å². The van der Waals surface area contributed by atoms with E-state index in [4.69, 9.17) is 4.74 Å². The number of nitrogens with zero attached hydrogens (tertiary/aromatic N) is 2. The summed E-state index contributed by atoms with van der Waals surface area (Å²) in [7, 11) is 3.08. The predicted molar refractivity (Wildman–Crippen MR) is 102 cm³/mol. The number of carbonyl (C=O) groups is 3. The van der Waals surface area contributed by atoms with Crippen molar-refractivity contribution in [2.75, 3.05) is 25.6 Å². The molecule has 2 amide bonds. The van der Waals surface area contributed by atoms with E-state index in [1.165, 1.54) is 18.1 Å². The van der Waals surface area contributed by atoms with Crippen LogP contribution in [-0.4, -0.2) is 49.4 Å². The van der Waals surface area contributed by atoms with Gasteiger partial charge in [-0.2, -0.15) is 0 Å². The van der Waals surface area contributed by atoms with Crippen molar-refractivity contribution >= 4 is 23.5 Å². The molecule has 2 atom stereocenters. The lowest BCUT2D eigenvalue weighted by molar-refractivity contribution is -0.156. The van der Waals surface area contributed by atoms with Gasteiger partial charge in [0, 0.05) is 30.9 Å². The number of esters is 1. The molecule has 6 heteroatoms. The molecule has 3 rings (SSSR count). The van der Waals surface area contributed by atoms with E-state index in [1.54, 1.807) is 31.3 Å². The lowest BCUT2D eigenvalue weighted by Crippen LogP contribution is -2.49. The van der Waals surface area contributed by atoms with Gasteiger partial charge < -0.3 is 14.5 Å². The van der Waals surface area contributed by atoms with Crippen molar-refractivity contribution in [3.8, 4) is 0 Å². The average Bonchev–Trinajstić information content (AvgIpc) is 3.12. The number of likely N-dealkylation sites (N-methyl/N-ethyl adjacent to an activating group) is 1. The smallest absolute Gasteiger partial charge is 0.313 e. The molecule has 1 aliphatic carbocycles. The first-order chi connectivity index (χ1) is 12.9. The van der Waals surface area contributed by atoms with Crippen LogP contribution < -0.4 is 4.90 Å². The summed E-state index contributed by atoms with van der Waals surface area (Å²) >= 11 is 0. The third-order valence-corrected chi connectivity index (χ3v) is 6.02. The van der Waals surface area contributed by atoms with E-state index in [1.807, 2.05) is 4.90 Å². The Morgan fingerprint density at radius 2 is 1.93 bits per heavy atom. The molecule has 6 nitrogen and oxygen atoms in total. The number of fused-ring (bicyclic) bond motifs is 1. The van der Waals surface area contributed by atoms with E-state index < -0.39 is 5.41 Å². The molecule has 0 spiro atoms. The highest BCUT2D eigenvalue weighted by Gasteiger charge is 2.55. The third-order valence-electron chi connectivity index (χ3n) is 6.02. The number of benzene rings is 1. The summed E-state index contributed by atoms with van der Waals surface area (Å²) < 4.78 is 5.08. The number of amides is 2. The van der Waals surface area contributed by atoms with Gasteiger partial charge in [0.2, 0.25) is 5.91 Å². The SMILES string of the molecule is C=CC(=O)N(C)c1ccc(C(=O)N2CC[C@]3(C(=O)OC)CCCC[C@H]23)cc1. The van der Waals surface area contributed by atoms with E-state index >= 15 is 0 Å². The minimum Gasteiger partial charge on any atom is -0.469 e. The molecular formula is C21H26N2O4. The van der Waals surface area contributed by atoms with Crippen molar-refractivity contribution in [1.29, 1.82) is 0 Å². The standard InChI is InChI=1S/C21H26N2O4/c1-4-18(24)22(2)16-10-8-15(9-11-16)19(25)23-14-13-21(20(26)27-3)12-6-5-7-17(21)23/h4,8-11,17H,1,5-7,12-14H2,2-3H3/t17-,21+/m0/s1. The quantitative estimate of drug-likeness (QED) is 0.604. The second kappa shape index (κ2) is 7.55. The molecule has 0 bridgehead atoms. The maximum Gasteiger partial charge on any atom is 0.313 e. The van der Waals surface area contributed by atoms with Crippen LogP contribution in [0, 0.1) is 5.41 Å². The van der Waals surface area contributed by atoms with E-state index in [0.29, 0.717) is 24.2 Å². The summed E-state index contributed by atoms with van der Waals surface area (Å²) in [4.78, 5) is 40.6. The second-order valence-electron chi connectivity index (χ2n) is 7.31. The topological polar surface area (TPSA) is 66.9 Å². The zero-order chi connectivity index (χ0) is 19.6. The minimum atomic E-state index is -0.556. The van der Waals surface area contributed by atoms with Gasteiger partial charge in [-0.3, -0.25) is 14.4 Å². The number of ether oxygens (including phenoxy) is 1. The van der Waals surface area contributed by atoms with Crippen LogP contribution in [-0.2, 0) is 14.3 Å². The number of likely N-dealkylation sites (tertiary alicyclic amines) is 1. The molecule has 2 aliphatic rings. The number of anilines is 1. The normalized spacial score (nSPS) is 24.1. The molecule has 0 N–H and O–H groups in total. The van der Waals surface area contributed by atoms with Gasteiger partial charge in [0.15, 0.2) is 0 Å². The van der Waals surface area contributed by atoms with Crippen molar-refractivity contribution in [3.63, 3.8) is 0 Å². The Labute approximate surface area is 159 Å². The highest BCUT2D eigenvalue weighted by atomic mass is 16.5. The zero-order valence-electron chi connectivity index (χ0n) is 15.9. The van der Waals surface area contributed by atoms with Gasteiger partial charge in [-0.25, -0.2) is 0 Å². The van der Waals surface area contributed by atoms with Crippen LogP contribution in [0.3, 0.4) is 0 Å². The van der Waals surface area contributed by atoms with Crippen LogP contribution >= 0.6 is 0 Å². The average molecular weight is 370 g/mol. The summed E-state index contributed by atoms with van der Waals surface area (Å²) in [5.74, 6) is -0.474. The van der Waals surface area contributed by atoms with Gasteiger partial charge in [0.1, 0.15) is 0 Å². The van der Waals surface area contributed by atoms with Gasteiger partial charge in [0.05, 0.1) is 12.5 Å². The largest absolute Gasteiger partial charge is 0.469 e. The van der Waals surface area contributed by atoms with Crippen LogP contribution in [0.2, 0.25) is 0 Å². The Balaban J connectivity index is 1.81. The molecule has 1 saturated heterocycles. The Morgan fingerprint density at radius 1 is 1.22 bits per heavy atom. The lowest BCUT2D eigenvalue weighted by Gasteiger charge is -2.39. The van der Waals surface area contributed by atoms with E-state index in [9.17, 15) is 14.4 Å². The molecule has 27 heavy (non-hydrogen) atoms. The maximum absolute atomic E-state index is 13.1. The van der Waals surface area contributed by atoms with Crippen LogP contribution in [0.4, 0.5) is 5.69 Å². The van der Waals surface area contributed by atoms with Gasteiger partial charge in [-0.05, 0) is 49.6 Å². The fourth-order valence-corrected chi connectivity index (χ4v) is 4.49. The van der Waals surface area contributed by atoms with Gasteiger partial charge in [0.25, 0.3) is 5.91 Å². The van der Waals surface area contributed by atoms with Crippen molar-refractivity contribution in [1.82, 2.24) is 4.90 Å². The molecular weight excluding hydrogens is 344 g/mol. The van der Waals surface area contributed by atoms with Gasteiger partial charge >= 0.3 is 5.97 Å². The van der Waals surface area contributed by atoms with Crippen molar-refractivity contribution < 1.29 is 19.1 Å². The number of methoxy groups -OCH3 is 1. The molecule has 1 aliphatic heterocycles. The fraction of sp³-hybridized carbons (Fsp3) is 0.476. The first-order valence-corrected chi connectivity index (χ1v) is 9.34. The van der Waals surface area contributed by atoms with Gasteiger partial charge in [-0.15, -0.1) is 0 Å². The molecule has 0 unspecified atom stereocenters. The number of hydrogen-bond donors (Lipinski definition) is 0. The number of carbonyl (C=O) groups excluding carboxylic acids is 3. The minimum absolute atomic E-state index is 0.0723. The van der Waals surface area contributed by atoms with Crippen LogP contribution in [0.25, 0.3) is 0 Å². The molecule has 144 valence electrons. The molecule has 1 heterocycles. The third kappa shape index (κ3) is 3.24. The first-order valence-electron chi connectivity index (χ1n) is 9.34. The highest BCUT2D eigenvalue weighted by Crippen LogP contribution is 2.48. The fourth-order valence-electron chi connectivity index (χ4n) is 4.49. The Kier molecular flexibility index (Phi) is 5.35.